The second-order valence-corrected chi connectivity index (χ2v) is 7.91. The number of nitrogens with one attached hydrogen (secondary N) is 1. The van der Waals surface area contributed by atoms with Crippen LogP contribution in [0, 0.1) is 13.8 Å². The minimum absolute atomic E-state index is 0.0812. The molecule has 0 spiro atoms. The Kier molecular flexibility index (Phi) is 7.06. The van der Waals surface area contributed by atoms with Gasteiger partial charge in [0, 0.05) is 35.7 Å². The van der Waals surface area contributed by atoms with Gasteiger partial charge in [0.1, 0.15) is 5.82 Å². The van der Waals surface area contributed by atoms with Crippen LogP contribution in [0.2, 0.25) is 0 Å². The van der Waals surface area contributed by atoms with E-state index in [1.807, 2.05) is 43.9 Å². The largest absolute Gasteiger partial charge is 0.416 e. The lowest BCUT2D eigenvalue weighted by Crippen LogP contribution is -2.32. The third-order valence-corrected chi connectivity index (χ3v) is 5.52. The maximum absolute atomic E-state index is 13.3. The fraction of sp³-hybridized carbons (Fsp3) is 0.360. The van der Waals surface area contributed by atoms with Crippen LogP contribution >= 0.6 is 0 Å². The highest BCUT2D eigenvalue weighted by atomic mass is 19.4. The van der Waals surface area contributed by atoms with Crippen LogP contribution in [0.25, 0.3) is 10.8 Å². The third kappa shape index (κ3) is 4.71. The van der Waals surface area contributed by atoms with E-state index in [1.165, 1.54) is 19.2 Å². The smallest absolute Gasteiger partial charge is 0.339 e. The first-order chi connectivity index (χ1) is 15.2. The Morgan fingerprint density at radius 2 is 1.69 bits per heavy atom. The summed E-state index contributed by atoms with van der Waals surface area (Å²) in [6.45, 7) is 8.73. The molecule has 0 fully saturated rings. The van der Waals surface area contributed by atoms with Crippen LogP contribution < -0.4 is 5.32 Å². The van der Waals surface area contributed by atoms with Crippen molar-refractivity contribution in [2.75, 3.05) is 18.4 Å². The van der Waals surface area contributed by atoms with Gasteiger partial charge in [0.25, 0.3) is 5.91 Å². The van der Waals surface area contributed by atoms with Gasteiger partial charge in [0.2, 0.25) is 0 Å². The Balaban J connectivity index is 2.10. The highest BCUT2D eigenvalue weighted by Crippen LogP contribution is 2.36. The number of halogens is 3. The molecule has 0 saturated heterocycles. The Labute approximate surface area is 186 Å². The second kappa shape index (κ2) is 9.59. The molecule has 1 amide bonds. The number of aromatic nitrogens is 1. The zero-order valence-corrected chi connectivity index (χ0v) is 18.8. The van der Waals surface area contributed by atoms with Crippen LogP contribution in [0.3, 0.4) is 0 Å². The molecule has 3 rings (SSSR count). The fourth-order valence-electron chi connectivity index (χ4n) is 3.98. The summed E-state index contributed by atoms with van der Waals surface area (Å²) < 4.78 is 40.0. The summed E-state index contributed by atoms with van der Waals surface area (Å²) in [6.07, 6.45) is -1.21. The summed E-state index contributed by atoms with van der Waals surface area (Å²) in [7, 11) is 0. The SMILES string of the molecule is CCCN(CCC)C(=O)c1cnc(Nc2cccc(C(F)(F)F)c2C)c2cccc(C)c12. The van der Waals surface area contributed by atoms with E-state index in [9.17, 15) is 18.0 Å². The number of amides is 1. The van der Waals surface area contributed by atoms with Gasteiger partial charge in [-0.3, -0.25) is 4.79 Å². The predicted molar refractivity (Wildman–Crippen MR) is 122 cm³/mol. The van der Waals surface area contributed by atoms with Crippen molar-refractivity contribution in [3.05, 3.63) is 64.8 Å². The molecule has 0 unspecified atom stereocenters. The Morgan fingerprint density at radius 3 is 2.31 bits per heavy atom. The lowest BCUT2D eigenvalue weighted by atomic mass is 10.0. The molecule has 0 bridgehead atoms. The molecule has 3 aromatic rings. The van der Waals surface area contributed by atoms with Crippen molar-refractivity contribution in [1.82, 2.24) is 9.88 Å². The second-order valence-electron chi connectivity index (χ2n) is 7.91. The van der Waals surface area contributed by atoms with E-state index >= 15 is 0 Å². The molecule has 1 aromatic heterocycles. The average Bonchev–Trinajstić information content (AvgIpc) is 2.74. The van der Waals surface area contributed by atoms with Gasteiger partial charge in [-0.2, -0.15) is 13.2 Å². The van der Waals surface area contributed by atoms with Crippen LogP contribution in [0.15, 0.2) is 42.6 Å². The molecule has 32 heavy (non-hydrogen) atoms. The van der Waals surface area contributed by atoms with E-state index in [1.54, 1.807) is 6.07 Å². The summed E-state index contributed by atoms with van der Waals surface area (Å²) in [5.74, 6) is 0.336. The molecule has 0 aliphatic rings. The quantitative estimate of drug-likeness (QED) is 0.433. The number of nitrogens with zero attached hydrogens (tertiary/aromatic N) is 2. The summed E-state index contributed by atoms with van der Waals surface area (Å²) in [5, 5.41) is 4.52. The topological polar surface area (TPSA) is 45.2 Å². The zero-order chi connectivity index (χ0) is 23.5. The Bertz CT molecular complexity index is 1120. The van der Waals surface area contributed by atoms with Gasteiger partial charge in [0.15, 0.2) is 0 Å². The van der Waals surface area contributed by atoms with E-state index in [4.69, 9.17) is 0 Å². The van der Waals surface area contributed by atoms with E-state index in [0.717, 1.165) is 29.9 Å². The number of hydrogen-bond donors (Lipinski definition) is 1. The van der Waals surface area contributed by atoms with Gasteiger partial charge < -0.3 is 10.2 Å². The molecule has 170 valence electrons. The van der Waals surface area contributed by atoms with Crippen molar-refractivity contribution in [2.45, 2.75) is 46.7 Å². The Morgan fingerprint density at radius 1 is 1.03 bits per heavy atom. The number of aryl methyl sites for hydroxylation is 1. The number of fused-ring (bicyclic) bond motifs is 1. The highest BCUT2D eigenvalue weighted by molar-refractivity contribution is 6.10. The van der Waals surface area contributed by atoms with E-state index in [-0.39, 0.29) is 11.5 Å². The average molecular weight is 444 g/mol. The number of carbonyl (C=O) groups is 1. The van der Waals surface area contributed by atoms with Gasteiger partial charge in [-0.15, -0.1) is 0 Å². The maximum Gasteiger partial charge on any atom is 0.416 e. The molecule has 4 nitrogen and oxygen atoms in total. The highest BCUT2D eigenvalue weighted by Gasteiger charge is 2.33. The number of benzene rings is 2. The van der Waals surface area contributed by atoms with Crippen LogP contribution in [0.4, 0.5) is 24.7 Å². The van der Waals surface area contributed by atoms with Gasteiger partial charge in [-0.25, -0.2) is 4.98 Å². The lowest BCUT2D eigenvalue weighted by Gasteiger charge is -2.23. The molecular weight excluding hydrogens is 415 g/mol. The number of hydrogen-bond acceptors (Lipinski definition) is 3. The number of pyridine rings is 1. The van der Waals surface area contributed by atoms with E-state index < -0.39 is 11.7 Å². The number of anilines is 2. The molecule has 1 heterocycles. The summed E-state index contributed by atoms with van der Waals surface area (Å²) in [5.41, 5.74) is 1.15. The molecule has 2 aromatic carbocycles. The van der Waals surface area contributed by atoms with Gasteiger partial charge in [-0.1, -0.05) is 38.1 Å². The van der Waals surface area contributed by atoms with Crippen LogP contribution in [-0.4, -0.2) is 28.9 Å². The summed E-state index contributed by atoms with van der Waals surface area (Å²) in [6, 6.07) is 9.64. The molecule has 0 radical (unpaired) electrons. The van der Waals surface area contributed by atoms with Gasteiger partial charge in [0.05, 0.1) is 11.1 Å². The molecule has 0 saturated carbocycles. The lowest BCUT2D eigenvalue weighted by molar-refractivity contribution is -0.138. The third-order valence-electron chi connectivity index (χ3n) is 5.52. The first kappa shape index (κ1) is 23.6. The van der Waals surface area contributed by atoms with Crippen molar-refractivity contribution in [2.24, 2.45) is 0 Å². The van der Waals surface area contributed by atoms with Crippen LogP contribution in [0.5, 0.6) is 0 Å². The summed E-state index contributed by atoms with van der Waals surface area (Å²) in [4.78, 5) is 19.6. The summed E-state index contributed by atoms with van der Waals surface area (Å²) >= 11 is 0. The van der Waals surface area contributed by atoms with Crippen molar-refractivity contribution >= 4 is 28.2 Å². The van der Waals surface area contributed by atoms with E-state index in [0.29, 0.717) is 35.5 Å². The Hall–Kier alpha value is -3.09. The molecule has 0 aliphatic heterocycles. The first-order valence-electron chi connectivity index (χ1n) is 10.8. The molecular formula is C25H28F3N3O. The number of rotatable bonds is 7. The normalized spacial score (nSPS) is 11.6. The van der Waals surface area contributed by atoms with Crippen molar-refractivity contribution in [3.63, 3.8) is 0 Å². The molecule has 0 aliphatic carbocycles. The monoisotopic (exact) mass is 443 g/mol. The van der Waals surface area contributed by atoms with E-state index in [2.05, 4.69) is 10.3 Å². The maximum atomic E-state index is 13.3. The predicted octanol–water partition coefficient (Wildman–Crippen LogP) is 6.88. The van der Waals surface area contributed by atoms with Gasteiger partial charge in [-0.05, 0) is 49.9 Å². The van der Waals surface area contributed by atoms with Crippen LogP contribution in [0.1, 0.15) is 53.7 Å². The van der Waals surface area contributed by atoms with Crippen molar-refractivity contribution in [3.8, 4) is 0 Å². The van der Waals surface area contributed by atoms with Gasteiger partial charge >= 0.3 is 6.18 Å². The molecule has 7 heteroatoms. The zero-order valence-electron chi connectivity index (χ0n) is 18.8. The minimum atomic E-state index is -4.44. The van der Waals surface area contributed by atoms with Crippen molar-refractivity contribution < 1.29 is 18.0 Å². The fourth-order valence-corrected chi connectivity index (χ4v) is 3.98. The molecule has 0 atom stereocenters. The standard InChI is InChI=1S/C25H28F3N3O/c1-5-13-31(14-6-2)24(32)19-15-29-23(18-10-7-9-16(3)22(18)19)30-21-12-8-11-20(17(21)4)25(26,27)28/h7-12,15H,5-6,13-14H2,1-4H3,(H,29,30). The van der Waals surface area contributed by atoms with Crippen LogP contribution in [-0.2, 0) is 6.18 Å². The number of alkyl halides is 3. The van der Waals surface area contributed by atoms with Crippen molar-refractivity contribution in [1.29, 1.82) is 0 Å². The molecule has 1 N–H and O–H groups in total. The minimum Gasteiger partial charge on any atom is -0.339 e. The number of carbonyl (C=O) groups excluding carboxylic acids is 1. The first-order valence-corrected chi connectivity index (χ1v) is 10.8.